The molecule has 5 nitrogen and oxygen atoms in total. The summed E-state index contributed by atoms with van der Waals surface area (Å²) in [5.41, 5.74) is 0.744. The highest BCUT2D eigenvalue weighted by molar-refractivity contribution is 9.10. The van der Waals surface area contributed by atoms with Gasteiger partial charge in [-0.25, -0.2) is 0 Å². The Morgan fingerprint density at radius 2 is 2.26 bits per heavy atom. The number of hydrogen-bond donors (Lipinski definition) is 1. The van der Waals surface area contributed by atoms with E-state index in [1.807, 2.05) is 11.4 Å². The van der Waals surface area contributed by atoms with E-state index in [1.54, 1.807) is 23.5 Å². The van der Waals surface area contributed by atoms with Gasteiger partial charge in [0.1, 0.15) is 0 Å². The van der Waals surface area contributed by atoms with Gasteiger partial charge in [-0.1, -0.05) is 0 Å². The lowest BCUT2D eigenvalue weighted by molar-refractivity contribution is -0.385. The molecule has 0 radical (unpaired) electrons. The number of rotatable bonds is 5. The van der Waals surface area contributed by atoms with Crippen molar-refractivity contribution in [2.75, 3.05) is 12.4 Å². The summed E-state index contributed by atoms with van der Waals surface area (Å²) in [7, 11) is 1.42. The smallest absolute Gasteiger partial charge is 0.311 e. The van der Waals surface area contributed by atoms with Gasteiger partial charge in [-0.2, -0.15) is 0 Å². The lowest BCUT2D eigenvalue weighted by atomic mass is 10.2. The fourth-order valence-electron chi connectivity index (χ4n) is 1.57. The van der Waals surface area contributed by atoms with Crippen LogP contribution in [0.1, 0.15) is 4.88 Å². The van der Waals surface area contributed by atoms with Crippen molar-refractivity contribution in [1.29, 1.82) is 0 Å². The third-order valence-electron chi connectivity index (χ3n) is 2.52. The number of benzene rings is 1. The molecular weight excluding hydrogens is 332 g/mol. The molecule has 0 saturated carbocycles. The predicted octanol–water partition coefficient (Wildman–Crippen LogP) is 4.04. The first-order chi connectivity index (χ1) is 9.11. The molecule has 1 heterocycles. The Labute approximate surface area is 122 Å². The number of nitrogens with zero attached hydrogens (tertiary/aromatic N) is 1. The van der Waals surface area contributed by atoms with Gasteiger partial charge in [0.05, 0.1) is 18.6 Å². The zero-order chi connectivity index (χ0) is 13.8. The Hall–Kier alpha value is -1.60. The summed E-state index contributed by atoms with van der Waals surface area (Å²) in [4.78, 5) is 11.5. The molecule has 100 valence electrons. The molecule has 0 amide bonds. The zero-order valence-corrected chi connectivity index (χ0v) is 12.5. The number of ether oxygens (including phenoxy) is 1. The Balaban J connectivity index is 2.13. The van der Waals surface area contributed by atoms with Crippen molar-refractivity contribution in [1.82, 2.24) is 0 Å². The molecule has 1 N–H and O–H groups in total. The molecule has 0 saturated heterocycles. The lowest BCUT2D eigenvalue weighted by Crippen LogP contribution is -2.00. The molecule has 1 aromatic carbocycles. The van der Waals surface area contributed by atoms with Crippen LogP contribution in [-0.2, 0) is 6.54 Å². The van der Waals surface area contributed by atoms with E-state index in [9.17, 15) is 10.1 Å². The first-order valence-electron chi connectivity index (χ1n) is 5.40. The number of hydrogen-bond acceptors (Lipinski definition) is 5. The van der Waals surface area contributed by atoms with Crippen LogP contribution in [0.15, 0.2) is 34.1 Å². The van der Waals surface area contributed by atoms with Gasteiger partial charge in [0, 0.05) is 27.2 Å². The van der Waals surface area contributed by atoms with Gasteiger partial charge < -0.3 is 10.1 Å². The van der Waals surface area contributed by atoms with E-state index in [0.29, 0.717) is 6.54 Å². The Bertz CT molecular complexity index is 600. The number of nitro groups is 1. The minimum atomic E-state index is -0.460. The molecule has 0 aliphatic carbocycles. The largest absolute Gasteiger partial charge is 0.490 e. The van der Waals surface area contributed by atoms with Crippen LogP contribution in [-0.4, -0.2) is 12.0 Å². The van der Waals surface area contributed by atoms with E-state index in [-0.39, 0.29) is 11.4 Å². The van der Waals surface area contributed by atoms with Crippen molar-refractivity contribution in [3.05, 3.63) is 49.1 Å². The molecule has 0 atom stereocenters. The van der Waals surface area contributed by atoms with E-state index in [2.05, 4.69) is 21.2 Å². The van der Waals surface area contributed by atoms with Gasteiger partial charge in [0.15, 0.2) is 5.75 Å². The predicted molar refractivity (Wildman–Crippen MR) is 79.0 cm³/mol. The van der Waals surface area contributed by atoms with Gasteiger partial charge in [0.2, 0.25) is 0 Å². The van der Waals surface area contributed by atoms with Crippen LogP contribution in [0.2, 0.25) is 0 Å². The topological polar surface area (TPSA) is 64.4 Å². The quantitative estimate of drug-likeness (QED) is 0.657. The van der Waals surface area contributed by atoms with Gasteiger partial charge in [-0.05, 0) is 33.4 Å². The van der Waals surface area contributed by atoms with Gasteiger partial charge >= 0.3 is 5.69 Å². The minimum Gasteiger partial charge on any atom is -0.490 e. The summed E-state index contributed by atoms with van der Waals surface area (Å²) in [5.74, 6) is 0.250. The SMILES string of the molecule is COc1cc(NCc2sccc2Br)ccc1[N+](=O)[O-]. The molecule has 0 aliphatic heterocycles. The van der Waals surface area contributed by atoms with Crippen LogP contribution in [0.3, 0.4) is 0 Å². The van der Waals surface area contributed by atoms with Crippen LogP contribution in [0.4, 0.5) is 11.4 Å². The van der Waals surface area contributed by atoms with E-state index in [4.69, 9.17) is 4.74 Å². The number of nitro benzene ring substituents is 1. The van der Waals surface area contributed by atoms with Gasteiger partial charge in [0.25, 0.3) is 0 Å². The molecule has 19 heavy (non-hydrogen) atoms. The van der Waals surface area contributed by atoms with Crippen molar-refractivity contribution in [2.45, 2.75) is 6.54 Å². The zero-order valence-electron chi connectivity index (χ0n) is 10.1. The lowest BCUT2D eigenvalue weighted by Gasteiger charge is -2.08. The highest BCUT2D eigenvalue weighted by Gasteiger charge is 2.14. The van der Waals surface area contributed by atoms with E-state index in [0.717, 1.165) is 15.0 Å². The van der Waals surface area contributed by atoms with Crippen molar-refractivity contribution in [2.24, 2.45) is 0 Å². The second kappa shape index (κ2) is 6.03. The standard InChI is InChI=1S/C12H11BrN2O3S/c1-18-11-6-8(2-3-10(11)15(16)17)14-7-12-9(13)4-5-19-12/h2-6,14H,7H2,1H3. The molecule has 2 rings (SSSR count). The van der Waals surface area contributed by atoms with Crippen molar-refractivity contribution >= 4 is 38.6 Å². The van der Waals surface area contributed by atoms with Crippen LogP contribution >= 0.6 is 27.3 Å². The molecule has 1 aromatic heterocycles. The summed E-state index contributed by atoms with van der Waals surface area (Å²) in [6, 6.07) is 6.71. The van der Waals surface area contributed by atoms with Crippen LogP contribution in [0.25, 0.3) is 0 Å². The van der Waals surface area contributed by atoms with Crippen molar-refractivity contribution in [3.63, 3.8) is 0 Å². The highest BCUT2D eigenvalue weighted by atomic mass is 79.9. The Morgan fingerprint density at radius 3 is 2.84 bits per heavy atom. The fourth-order valence-corrected chi connectivity index (χ4v) is 3.00. The molecule has 0 fully saturated rings. The van der Waals surface area contributed by atoms with E-state index in [1.165, 1.54) is 13.2 Å². The number of anilines is 1. The third kappa shape index (κ3) is 3.24. The number of halogens is 1. The fraction of sp³-hybridized carbons (Fsp3) is 0.167. The van der Waals surface area contributed by atoms with Crippen LogP contribution < -0.4 is 10.1 Å². The molecule has 0 aliphatic rings. The third-order valence-corrected chi connectivity index (χ3v) is 4.45. The average Bonchev–Trinajstić information content (AvgIpc) is 2.81. The number of nitrogens with one attached hydrogen (secondary N) is 1. The van der Waals surface area contributed by atoms with Crippen LogP contribution in [0, 0.1) is 10.1 Å². The van der Waals surface area contributed by atoms with Crippen molar-refractivity contribution in [3.8, 4) is 5.75 Å². The van der Waals surface area contributed by atoms with Gasteiger partial charge in [-0.15, -0.1) is 11.3 Å². The maximum Gasteiger partial charge on any atom is 0.311 e. The Morgan fingerprint density at radius 1 is 1.47 bits per heavy atom. The van der Waals surface area contributed by atoms with Gasteiger partial charge in [-0.3, -0.25) is 10.1 Å². The van der Waals surface area contributed by atoms with Crippen molar-refractivity contribution < 1.29 is 9.66 Å². The normalized spacial score (nSPS) is 10.2. The van der Waals surface area contributed by atoms with E-state index >= 15 is 0 Å². The molecular formula is C12H11BrN2O3S. The van der Waals surface area contributed by atoms with Crippen LogP contribution in [0.5, 0.6) is 5.75 Å². The first kappa shape index (κ1) is 13.8. The molecule has 0 unspecified atom stereocenters. The van der Waals surface area contributed by atoms with E-state index < -0.39 is 4.92 Å². The maximum absolute atomic E-state index is 10.8. The summed E-state index contributed by atoms with van der Waals surface area (Å²) < 4.78 is 6.07. The number of thiophene rings is 1. The monoisotopic (exact) mass is 342 g/mol. The number of methoxy groups -OCH3 is 1. The second-order valence-corrected chi connectivity index (χ2v) is 5.54. The first-order valence-corrected chi connectivity index (χ1v) is 7.07. The average molecular weight is 343 g/mol. The molecule has 0 bridgehead atoms. The summed E-state index contributed by atoms with van der Waals surface area (Å²) in [6.07, 6.45) is 0. The molecule has 0 spiro atoms. The Kier molecular flexibility index (Phi) is 4.39. The maximum atomic E-state index is 10.8. The summed E-state index contributed by atoms with van der Waals surface area (Å²) >= 11 is 5.09. The molecule has 7 heteroatoms. The highest BCUT2D eigenvalue weighted by Crippen LogP contribution is 2.30. The minimum absolute atomic E-state index is 0.0367. The summed E-state index contributed by atoms with van der Waals surface area (Å²) in [5, 5.41) is 16.0. The summed E-state index contributed by atoms with van der Waals surface area (Å²) in [6.45, 7) is 0.652. The molecule has 2 aromatic rings. The second-order valence-electron chi connectivity index (χ2n) is 3.69.